The van der Waals surface area contributed by atoms with E-state index < -0.39 is 15.9 Å². The van der Waals surface area contributed by atoms with E-state index in [0.29, 0.717) is 36.6 Å². The Labute approximate surface area is 158 Å². The van der Waals surface area contributed by atoms with Crippen molar-refractivity contribution >= 4 is 21.6 Å². The van der Waals surface area contributed by atoms with Crippen LogP contribution in [0.5, 0.6) is 0 Å². The molecule has 6 nitrogen and oxygen atoms in total. The number of sulfonamides is 1. The Kier molecular flexibility index (Phi) is 5.59. The largest absolute Gasteiger partial charge is 0.378 e. The molecule has 3 rings (SSSR count). The molecule has 0 bridgehead atoms. The molecule has 1 aliphatic heterocycles. The number of rotatable bonds is 4. The topological polar surface area (TPSA) is 75.7 Å². The minimum Gasteiger partial charge on any atom is -0.378 e. The van der Waals surface area contributed by atoms with Gasteiger partial charge in [-0.05, 0) is 61.9 Å². The van der Waals surface area contributed by atoms with Gasteiger partial charge in [0.15, 0.2) is 0 Å². The molecule has 1 saturated heterocycles. The summed E-state index contributed by atoms with van der Waals surface area (Å²) in [6.07, 6.45) is 0. The van der Waals surface area contributed by atoms with Gasteiger partial charge in [-0.1, -0.05) is 0 Å². The monoisotopic (exact) mass is 392 g/mol. The minimum atomic E-state index is -3.62. The molecule has 1 heterocycles. The van der Waals surface area contributed by atoms with Gasteiger partial charge >= 0.3 is 0 Å². The maximum Gasteiger partial charge on any atom is 0.255 e. The van der Waals surface area contributed by atoms with Gasteiger partial charge < -0.3 is 10.1 Å². The number of benzene rings is 2. The van der Waals surface area contributed by atoms with E-state index >= 15 is 0 Å². The number of amides is 1. The molecule has 0 aliphatic carbocycles. The van der Waals surface area contributed by atoms with Crippen LogP contribution >= 0.6 is 0 Å². The maximum atomic E-state index is 13.3. The van der Waals surface area contributed by atoms with Crippen molar-refractivity contribution in [3.05, 3.63) is 59.4 Å². The van der Waals surface area contributed by atoms with E-state index in [1.165, 1.54) is 46.8 Å². The van der Waals surface area contributed by atoms with Crippen molar-refractivity contribution < 1.29 is 22.3 Å². The van der Waals surface area contributed by atoms with Gasteiger partial charge in [-0.3, -0.25) is 4.79 Å². The van der Waals surface area contributed by atoms with Crippen LogP contribution in [0.4, 0.5) is 10.1 Å². The van der Waals surface area contributed by atoms with Crippen LogP contribution in [-0.2, 0) is 14.8 Å². The average Bonchev–Trinajstić information content (AvgIpc) is 2.64. The van der Waals surface area contributed by atoms with E-state index in [9.17, 15) is 17.6 Å². The first-order valence-corrected chi connectivity index (χ1v) is 10.00. The zero-order valence-electron chi connectivity index (χ0n) is 15.1. The van der Waals surface area contributed by atoms with Crippen molar-refractivity contribution in [1.29, 1.82) is 0 Å². The van der Waals surface area contributed by atoms with Crippen molar-refractivity contribution in [2.45, 2.75) is 24.8 Å². The quantitative estimate of drug-likeness (QED) is 0.868. The molecule has 2 aromatic carbocycles. The molecule has 1 atom stereocenters. The highest BCUT2D eigenvalue weighted by molar-refractivity contribution is 7.89. The van der Waals surface area contributed by atoms with E-state index in [-0.39, 0.29) is 16.8 Å². The van der Waals surface area contributed by atoms with E-state index in [4.69, 9.17) is 4.74 Å². The van der Waals surface area contributed by atoms with Crippen molar-refractivity contribution in [2.75, 3.05) is 25.1 Å². The molecule has 144 valence electrons. The first-order valence-electron chi connectivity index (χ1n) is 8.56. The summed E-state index contributed by atoms with van der Waals surface area (Å²) in [5, 5.41) is 2.68. The molecule has 1 fully saturated rings. The molecule has 1 aliphatic rings. The molecule has 8 heteroatoms. The number of nitrogens with zero attached hydrogens (tertiary/aromatic N) is 1. The van der Waals surface area contributed by atoms with Gasteiger partial charge in [0.05, 0.1) is 18.1 Å². The Hall–Kier alpha value is -2.29. The summed E-state index contributed by atoms with van der Waals surface area (Å²) in [5.74, 6) is -0.769. The third-order valence-corrected chi connectivity index (χ3v) is 6.47. The smallest absolute Gasteiger partial charge is 0.255 e. The zero-order chi connectivity index (χ0) is 19.6. The van der Waals surface area contributed by atoms with E-state index in [0.717, 1.165) is 0 Å². The van der Waals surface area contributed by atoms with E-state index in [1.807, 2.05) is 0 Å². The number of carbonyl (C=O) groups is 1. The zero-order valence-corrected chi connectivity index (χ0v) is 15.9. The minimum absolute atomic E-state index is 0.159. The number of aryl methyl sites for hydroxylation is 1. The lowest BCUT2D eigenvalue weighted by molar-refractivity contribution is 0.0393. The SMILES string of the molecule is Cc1cc(C(=O)Nc2ccc(S(=O)(=O)N3CCOCC3C)cc2)ccc1F. The highest BCUT2D eigenvalue weighted by Gasteiger charge is 2.31. The van der Waals surface area contributed by atoms with Gasteiger partial charge in [0.25, 0.3) is 5.91 Å². The molecular formula is C19H21FN2O4S. The molecular weight excluding hydrogens is 371 g/mol. The number of nitrogens with one attached hydrogen (secondary N) is 1. The fourth-order valence-corrected chi connectivity index (χ4v) is 4.50. The molecule has 0 radical (unpaired) electrons. The number of hydrogen-bond donors (Lipinski definition) is 1. The number of anilines is 1. The number of carbonyl (C=O) groups excluding carboxylic acids is 1. The highest BCUT2D eigenvalue weighted by atomic mass is 32.2. The van der Waals surface area contributed by atoms with Crippen molar-refractivity contribution in [1.82, 2.24) is 4.31 Å². The van der Waals surface area contributed by atoms with Crippen LogP contribution in [0.3, 0.4) is 0 Å². The Morgan fingerprint density at radius 3 is 2.56 bits per heavy atom. The Morgan fingerprint density at radius 1 is 1.22 bits per heavy atom. The van der Waals surface area contributed by atoms with Gasteiger partial charge in [-0.25, -0.2) is 12.8 Å². The Bertz CT molecular complexity index is 945. The van der Waals surface area contributed by atoms with Crippen LogP contribution in [0.15, 0.2) is 47.4 Å². The fraction of sp³-hybridized carbons (Fsp3) is 0.316. The number of halogens is 1. The van der Waals surface area contributed by atoms with Gasteiger partial charge in [0.1, 0.15) is 5.82 Å². The number of morpholine rings is 1. The summed E-state index contributed by atoms with van der Waals surface area (Å²) in [4.78, 5) is 12.4. The molecule has 2 aromatic rings. The molecule has 27 heavy (non-hydrogen) atoms. The summed E-state index contributed by atoms with van der Waals surface area (Å²) in [7, 11) is -3.62. The summed E-state index contributed by atoms with van der Waals surface area (Å²) < 4.78 is 45.6. The summed E-state index contributed by atoms with van der Waals surface area (Å²) >= 11 is 0. The molecule has 1 unspecified atom stereocenters. The second-order valence-corrected chi connectivity index (χ2v) is 8.37. The first kappa shape index (κ1) is 19.5. The van der Waals surface area contributed by atoms with Crippen LogP contribution in [-0.4, -0.2) is 44.4 Å². The third kappa shape index (κ3) is 4.18. The van der Waals surface area contributed by atoms with Crippen LogP contribution in [0.2, 0.25) is 0 Å². The average molecular weight is 392 g/mol. The lowest BCUT2D eigenvalue weighted by atomic mass is 10.1. The van der Waals surface area contributed by atoms with Gasteiger partial charge in [0.2, 0.25) is 10.0 Å². The first-order chi connectivity index (χ1) is 12.8. The molecule has 1 amide bonds. The predicted octanol–water partition coefficient (Wildman–Crippen LogP) is 2.80. The fourth-order valence-electron chi connectivity index (χ4n) is 2.90. The summed E-state index contributed by atoms with van der Waals surface area (Å²) in [5.41, 5.74) is 1.16. The van der Waals surface area contributed by atoms with Gasteiger partial charge in [-0.15, -0.1) is 0 Å². The second-order valence-electron chi connectivity index (χ2n) is 6.48. The normalized spacial score (nSPS) is 18.3. The Balaban J connectivity index is 1.75. The predicted molar refractivity (Wildman–Crippen MR) is 99.7 cm³/mol. The molecule has 1 N–H and O–H groups in total. The lowest BCUT2D eigenvalue weighted by Crippen LogP contribution is -2.46. The number of hydrogen-bond acceptors (Lipinski definition) is 4. The summed E-state index contributed by atoms with van der Waals surface area (Å²) in [6.45, 7) is 4.43. The standard InChI is InChI=1S/C19H21FN2O4S/c1-13-11-15(3-8-18(13)20)19(23)21-16-4-6-17(7-5-16)27(24,25)22-9-10-26-12-14(22)2/h3-8,11,14H,9-10,12H2,1-2H3,(H,21,23). The highest BCUT2D eigenvalue weighted by Crippen LogP contribution is 2.22. The van der Waals surface area contributed by atoms with E-state index in [2.05, 4.69) is 5.32 Å². The second kappa shape index (κ2) is 7.75. The Morgan fingerprint density at radius 2 is 1.93 bits per heavy atom. The van der Waals surface area contributed by atoms with Gasteiger partial charge in [0, 0.05) is 23.8 Å². The molecule has 0 spiro atoms. The van der Waals surface area contributed by atoms with Crippen molar-refractivity contribution in [3.63, 3.8) is 0 Å². The van der Waals surface area contributed by atoms with Crippen LogP contribution in [0.25, 0.3) is 0 Å². The third-order valence-electron chi connectivity index (χ3n) is 4.45. The van der Waals surface area contributed by atoms with E-state index in [1.54, 1.807) is 13.8 Å². The molecule has 0 aromatic heterocycles. The van der Waals surface area contributed by atoms with Gasteiger partial charge in [-0.2, -0.15) is 4.31 Å². The molecule has 0 saturated carbocycles. The van der Waals surface area contributed by atoms with Crippen molar-refractivity contribution in [3.8, 4) is 0 Å². The maximum absolute atomic E-state index is 13.3. The van der Waals surface area contributed by atoms with Crippen LogP contribution < -0.4 is 5.32 Å². The lowest BCUT2D eigenvalue weighted by Gasteiger charge is -2.32. The number of ether oxygens (including phenoxy) is 1. The van der Waals surface area contributed by atoms with Crippen LogP contribution in [0.1, 0.15) is 22.8 Å². The van der Waals surface area contributed by atoms with Crippen molar-refractivity contribution in [2.24, 2.45) is 0 Å². The van der Waals surface area contributed by atoms with Crippen LogP contribution in [0, 0.1) is 12.7 Å². The summed E-state index contributed by atoms with van der Waals surface area (Å²) in [6, 6.07) is 9.86.